The molecule has 7 heteroatoms. The van der Waals surface area contributed by atoms with Crippen LogP contribution in [0.1, 0.15) is 5.56 Å². The number of rotatable bonds is 4. The molecule has 0 aliphatic carbocycles. The van der Waals surface area contributed by atoms with Crippen molar-refractivity contribution in [2.75, 3.05) is 44.4 Å². The summed E-state index contributed by atoms with van der Waals surface area (Å²) in [4.78, 5) is 6.36. The molecule has 1 saturated heterocycles. The van der Waals surface area contributed by atoms with Gasteiger partial charge >= 0.3 is 0 Å². The fourth-order valence-corrected chi connectivity index (χ4v) is 3.14. The van der Waals surface area contributed by atoms with E-state index in [4.69, 9.17) is 0 Å². The summed E-state index contributed by atoms with van der Waals surface area (Å²) in [6, 6.07) is 1.99. The highest BCUT2D eigenvalue weighted by atomic mass is 32.2. The Hall–Kier alpha value is -1.18. The van der Waals surface area contributed by atoms with Crippen LogP contribution in [0.25, 0.3) is 0 Å². The van der Waals surface area contributed by atoms with Gasteiger partial charge in [0.1, 0.15) is 0 Å². The fourth-order valence-electron chi connectivity index (χ4n) is 2.32. The average molecular weight is 284 g/mol. The number of hydrogen-bond acceptors (Lipinski definition) is 5. The summed E-state index contributed by atoms with van der Waals surface area (Å²) in [7, 11) is -1.17. The molecule has 19 heavy (non-hydrogen) atoms. The summed E-state index contributed by atoms with van der Waals surface area (Å²) in [5, 5.41) is 3.12. The molecule has 1 fully saturated rings. The molecule has 2 heterocycles. The molecule has 0 amide bonds. The minimum Gasteiger partial charge on any atom is -0.369 e. The summed E-state index contributed by atoms with van der Waals surface area (Å²) in [6.45, 7) is 3.28. The lowest BCUT2D eigenvalue weighted by Gasteiger charge is -2.35. The van der Waals surface area contributed by atoms with Crippen LogP contribution in [0.15, 0.2) is 18.5 Å². The molecule has 0 spiro atoms. The second kappa shape index (κ2) is 5.85. The van der Waals surface area contributed by atoms with Crippen LogP contribution in [0.3, 0.4) is 0 Å². The Balaban J connectivity index is 2.09. The Kier molecular flexibility index (Phi) is 4.38. The topological polar surface area (TPSA) is 65.5 Å². The third-order valence-corrected chi connectivity index (χ3v) is 4.60. The second-order valence-electron chi connectivity index (χ2n) is 4.68. The van der Waals surface area contributed by atoms with Crippen molar-refractivity contribution in [3.05, 3.63) is 24.0 Å². The summed E-state index contributed by atoms with van der Waals surface area (Å²) < 4.78 is 24.5. The van der Waals surface area contributed by atoms with Gasteiger partial charge < -0.3 is 10.2 Å². The molecule has 6 nitrogen and oxygen atoms in total. The van der Waals surface area contributed by atoms with Crippen LogP contribution < -0.4 is 10.2 Å². The Morgan fingerprint density at radius 2 is 2.00 bits per heavy atom. The number of sulfonamides is 1. The zero-order valence-electron chi connectivity index (χ0n) is 11.3. The van der Waals surface area contributed by atoms with Gasteiger partial charge in [0.25, 0.3) is 0 Å². The van der Waals surface area contributed by atoms with Crippen LogP contribution in [0.4, 0.5) is 5.69 Å². The van der Waals surface area contributed by atoms with Gasteiger partial charge in [-0.05, 0) is 13.1 Å². The SMILES string of the molecule is CNCc1cnccc1N1CCN(S(C)(=O)=O)CC1. The maximum Gasteiger partial charge on any atom is 0.211 e. The lowest BCUT2D eigenvalue weighted by molar-refractivity contribution is 0.387. The van der Waals surface area contributed by atoms with E-state index in [0.717, 1.165) is 17.8 Å². The molecular formula is C12H20N4O2S. The molecule has 0 bridgehead atoms. The van der Waals surface area contributed by atoms with Crippen LogP contribution in [0.2, 0.25) is 0 Å². The van der Waals surface area contributed by atoms with E-state index in [1.165, 1.54) is 10.6 Å². The molecule has 2 rings (SSSR count). The minimum absolute atomic E-state index is 0.542. The third kappa shape index (κ3) is 3.43. The highest BCUT2D eigenvalue weighted by Crippen LogP contribution is 2.21. The molecular weight excluding hydrogens is 264 g/mol. The number of hydrogen-bond donors (Lipinski definition) is 1. The lowest BCUT2D eigenvalue weighted by Crippen LogP contribution is -2.48. The Bertz CT molecular complexity index is 524. The Labute approximate surface area is 114 Å². The van der Waals surface area contributed by atoms with Gasteiger partial charge in [-0.15, -0.1) is 0 Å². The van der Waals surface area contributed by atoms with Gasteiger partial charge in [0.15, 0.2) is 0 Å². The Morgan fingerprint density at radius 1 is 1.32 bits per heavy atom. The number of nitrogens with one attached hydrogen (secondary N) is 1. The third-order valence-electron chi connectivity index (χ3n) is 3.29. The maximum absolute atomic E-state index is 11.5. The summed E-state index contributed by atoms with van der Waals surface area (Å²) in [6.07, 6.45) is 4.90. The standard InChI is InChI=1S/C12H20N4O2S/c1-13-9-11-10-14-4-3-12(11)15-5-7-16(8-6-15)19(2,17)18/h3-4,10,13H,5-9H2,1-2H3. The zero-order chi connectivity index (χ0) is 13.9. The van der Waals surface area contributed by atoms with Crippen molar-refractivity contribution in [3.63, 3.8) is 0 Å². The predicted octanol–water partition coefficient (Wildman–Crippen LogP) is -0.117. The monoisotopic (exact) mass is 284 g/mol. The van der Waals surface area contributed by atoms with Crippen molar-refractivity contribution >= 4 is 15.7 Å². The van der Waals surface area contributed by atoms with Gasteiger partial charge in [-0.3, -0.25) is 4.98 Å². The molecule has 0 saturated carbocycles. The quantitative estimate of drug-likeness (QED) is 0.835. The van der Waals surface area contributed by atoms with Crippen molar-refractivity contribution in [2.24, 2.45) is 0 Å². The summed E-state index contributed by atoms with van der Waals surface area (Å²) in [5.74, 6) is 0. The van der Waals surface area contributed by atoms with E-state index in [-0.39, 0.29) is 0 Å². The maximum atomic E-state index is 11.5. The smallest absolute Gasteiger partial charge is 0.211 e. The van der Waals surface area contributed by atoms with Gasteiger partial charge in [0.2, 0.25) is 10.0 Å². The molecule has 0 unspecified atom stereocenters. The molecule has 1 N–H and O–H groups in total. The van der Waals surface area contributed by atoms with Crippen LogP contribution in [0.5, 0.6) is 0 Å². The molecule has 0 atom stereocenters. The largest absolute Gasteiger partial charge is 0.369 e. The number of pyridine rings is 1. The summed E-state index contributed by atoms with van der Waals surface area (Å²) >= 11 is 0. The fraction of sp³-hybridized carbons (Fsp3) is 0.583. The molecule has 0 aromatic carbocycles. The molecule has 1 aromatic heterocycles. The van der Waals surface area contributed by atoms with E-state index < -0.39 is 10.0 Å². The van der Waals surface area contributed by atoms with Crippen molar-refractivity contribution in [3.8, 4) is 0 Å². The highest BCUT2D eigenvalue weighted by molar-refractivity contribution is 7.88. The van der Waals surface area contributed by atoms with Crippen LogP contribution in [-0.2, 0) is 16.6 Å². The lowest BCUT2D eigenvalue weighted by atomic mass is 10.2. The van der Waals surface area contributed by atoms with Gasteiger partial charge in [-0.25, -0.2) is 8.42 Å². The first-order valence-corrected chi connectivity index (χ1v) is 8.15. The Morgan fingerprint density at radius 3 is 2.58 bits per heavy atom. The van der Waals surface area contributed by atoms with E-state index in [1.807, 2.05) is 19.3 Å². The van der Waals surface area contributed by atoms with Crippen molar-refractivity contribution in [1.82, 2.24) is 14.6 Å². The van der Waals surface area contributed by atoms with Crippen LogP contribution in [0, 0.1) is 0 Å². The molecule has 0 radical (unpaired) electrons. The van der Waals surface area contributed by atoms with E-state index in [1.54, 1.807) is 6.20 Å². The highest BCUT2D eigenvalue weighted by Gasteiger charge is 2.24. The first kappa shape index (κ1) is 14.2. The van der Waals surface area contributed by atoms with Gasteiger partial charge in [-0.2, -0.15) is 4.31 Å². The zero-order valence-corrected chi connectivity index (χ0v) is 12.2. The van der Waals surface area contributed by atoms with Crippen molar-refractivity contribution in [2.45, 2.75) is 6.54 Å². The number of piperazine rings is 1. The van der Waals surface area contributed by atoms with Gasteiger partial charge in [0.05, 0.1) is 6.26 Å². The molecule has 106 valence electrons. The first-order chi connectivity index (χ1) is 9.02. The van der Waals surface area contributed by atoms with E-state index in [2.05, 4.69) is 15.2 Å². The van der Waals surface area contributed by atoms with Gasteiger partial charge in [0, 0.05) is 56.4 Å². The minimum atomic E-state index is -3.07. The summed E-state index contributed by atoms with van der Waals surface area (Å²) in [5.41, 5.74) is 2.27. The van der Waals surface area contributed by atoms with E-state index >= 15 is 0 Å². The van der Waals surface area contributed by atoms with Crippen molar-refractivity contribution < 1.29 is 8.42 Å². The molecule has 1 aromatic rings. The number of aromatic nitrogens is 1. The molecule has 1 aliphatic heterocycles. The van der Waals surface area contributed by atoms with E-state index in [9.17, 15) is 8.42 Å². The first-order valence-electron chi connectivity index (χ1n) is 6.30. The van der Waals surface area contributed by atoms with Crippen molar-refractivity contribution in [1.29, 1.82) is 0 Å². The normalized spacial score (nSPS) is 17.7. The average Bonchev–Trinajstić information content (AvgIpc) is 2.39. The van der Waals surface area contributed by atoms with Crippen LogP contribution in [-0.4, -0.2) is 57.2 Å². The van der Waals surface area contributed by atoms with Crippen LogP contribution >= 0.6 is 0 Å². The molecule has 1 aliphatic rings. The number of nitrogens with zero attached hydrogens (tertiary/aromatic N) is 3. The second-order valence-corrected chi connectivity index (χ2v) is 6.67. The predicted molar refractivity (Wildman–Crippen MR) is 75.6 cm³/mol. The van der Waals surface area contributed by atoms with E-state index in [0.29, 0.717) is 26.2 Å². The van der Waals surface area contributed by atoms with Gasteiger partial charge in [-0.1, -0.05) is 0 Å². The number of anilines is 1.